The minimum absolute atomic E-state index is 0.0943. The molecule has 0 aromatic heterocycles. The summed E-state index contributed by atoms with van der Waals surface area (Å²) in [6.45, 7) is 0. The maximum atomic E-state index is 12.2. The summed E-state index contributed by atoms with van der Waals surface area (Å²) in [5.41, 5.74) is 6.80. The Morgan fingerprint density at radius 2 is 1.83 bits per heavy atom. The van der Waals surface area contributed by atoms with Crippen LogP contribution in [0.25, 0.3) is 0 Å². The van der Waals surface area contributed by atoms with Gasteiger partial charge in [0.1, 0.15) is 5.75 Å². The molecule has 6 heteroatoms. The van der Waals surface area contributed by atoms with E-state index in [1.165, 1.54) is 11.8 Å². The van der Waals surface area contributed by atoms with Crippen LogP contribution in [0.1, 0.15) is 12.0 Å². The average molecular weight is 344 g/mol. The van der Waals surface area contributed by atoms with Crippen molar-refractivity contribution in [2.24, 2.45) is 5.73 Å². The molecular formula is C18H20N2O3S. The highest BCUT2D eigenvalue weighted by molar-refractivity contribution is 7.99. The van der Waals surface area contributed by atoms with Gasteiger partial charge in [0, 0.05) is 17.1 Å². The predicted molar refractivity (Wildman–Crippen MR) is 96.3 cm³/mol. The van der Waals surface area contributed by atoms with Gasteiger partial charge in [-0.15, -0.1) is 11.8 Å². The van der Waals surface area contributed by atoms with E-state index in [2.05, 4.69) is 5.32 Å². The average Bonchev–Trinajstić information content (AvgIpc) is 2.57. The molecular weight excluding hydrogens is 324 g/mol. The van der Waals surface area contributed by atoms with E-state index in [4.69, 9.17) is 10.5 Å². The number of benzene rings is 2. The van der Waals surface area contributed by atoms with Gasteiger partial charge in [-0.3, -0.25) is 9.59 Å². The van der Waals surface area contributed by atoms with Gasteiger partial charge in [0.15, 0.2) is 0 Å². The summed E-state index contributed by atoms with van der Waals surface area (Å²) in [7, 11) is 1.61. The number of hydrogen-bond acceptors (Lipinski definition) is 4. The second-order valence-corrected chi connectivity index (χ2v) is 6.27. The number of carbonyl (C=O) groups excluding carboxylic acids is 2. The number of nitrogens with two attached hydrogens (primary N) is 1. The van der Waals surface area contributed by atoms with E-state index in [-0.39, 0.29) is 18.2 Å². The van der Waals surface area contributed by atoms with Crippen molar-refractivity contribution in [2.45, 2.75) is 17.7 Å². The van der Waals surface area contributed by atoms with Crippen molar-refractivity contribution >= 4 is 29.3 Å². The van der Waals surface area contributed by atoms with Gasteiger partial charge in [-0.2, -0.15) is 0 Å². The van der Waals surface area contributed by atoms with Crippen LogP contribution in [0.3, 0.4) is 0 Å². The maximum absolute atomic E-state index is 12.2. The molecule has 0 aliphatic rings. The minimum atomic E-state index is -0.330. The Balaban J connectivity index is 1.96. The minimum Gasteiger partial charge on any atom is -0.497 e. The number of para-hydroxylation sites is 1. The molecule has 2 rings (SSSR count). The second-order valence-electron chi connectivity index (χ2n) is 5.13. The molecule has 0 aliphatic heterocycles. The lowest BCUT2D eigenvalue weighted by Gasteiger charge is -2.10. The smallest absolute Gasteiger partial charge is 0.228 e. The number of hydrogen-bond donors (Lipinski definition) is 2. The first-order chi connectivity index (χ1) is 11.6. The molecule has 0 atom stereocenters. The number of methoxy groups -OCH3 is 1. The van der Waals surface area contributed by atoms with Crippen molar-refractivity contribution in [2.75, 3.05) is 18.2 Å². The van der Waals surface area contributed by atoms with E-state index in [9.17, 15) is 9.59 Å². The fraction of sp³-hybridized carbons (Fsp3) is 0.222. The molecule has 0 saturated heterocycles. The largest absolute Gasteiger partial charge is 0.497 e. The molecule has 0 bridgehead atoms. The van der Waals surface area contributed by atoms with E-state index in [0.29, 0.717) is 12.2 Å². The molecule has 0 fully saturated rings. The van der Waals surface area contributed by atoms with Gasteiger partial charge >= 0.3 is 0 Å². The number of amides is 2. The third-order valence-electron chi connectivity index (χ3n) is 3.29. The number of primary amides is 1. The standard InChI is InChI=1S/C18H20N2O3S/c1-23-14-8-6-13(7-9-14)12-18(22)20-15-4-2-3-5-16(15)24-11-10-17(19)21/h2-9H,10-12H2,1H3,(H2,19,21)(H,20,22). The van der Waals surface area contributed by atoms with Crippen LogP contribution in [0.4, 0.5) is 5.69 Å². The third kappa shape index (κ3) is 5.62. The Bertz CT molecular complexity index is 702. The summed E-state index contributed by atoms with van der Waals surface area (Å²) >= 11 is 1.50. The Kier molecular flexibility index (Phi) is 6.69. The van der Waals surface area contributed by atoms with E-state index in [1.54, 1.807) is 7.11 Å². The molecule has 24 heavy (non-hydrogen) atoms. The van der Waals surface area contributed by atoms with Gasteiger partial charge in [0.2, 0.25) is 11.8 Å². The van der Waals surface area contributed by atoms with Crippen molar-refractivity contribution in [3.05, 3.63) is 54.1 Å². The number of carbonyl (C=O) groups is 2. The van der Waals surface area contributed by atoms with Crippen LogP contribution in [0.2, 0.25) is 0 Å². The van der Waals surface area contributed by atoms with E-state index < -0.39 is 0 Å². The molecule has 0 spiro atoms. The third-order valence-corrected chi connectivity index (χ3v) is 4.37. The molecule has 2 aromatic rings. The van der Waals surface area contributed by atoms with Gasteiger partial charge in [0.25, 0.3) is 0 Å². The summed E-state index contributed by atoms with van der Waals surface area (Å²) in [5.74, 6) is 0.919. The van der Waals surface area contributed by atoms with E-state index in [0.717, 1.165) is 21.9 Å². The summed E-state index contributed by atoms with van der Waals surface area (Å²) < 4.78 is 5.10. The molecule has 5 nitrogen and oxygen atoms in total. The number of anilines is 1. The van der Waals surface area contributed by atoms with Gasteiger partial charge in [-0.25, -0.2) is 0 Å². The van der Waals surface area contributed by atoms with Crippen LogP contribution in [-0.2, 0) is 16.0 Å². The number of thioether (sulfide) groups is 1. The predicted octanol–water partition coefficient (Wildman–Crippen LogP) is 2.84. The van der Waals surface area contributed by atoms with Gasteiger partial charge in [0.05, 0.1) is 19.2 Å². The lowest BCUT2D eigenvalue weighted by molar-refractivity contribution is -0.117. The number of ether oxygens (including phenoxy) is 1. The SMILES string of the molecule is COc1ccc(CC(=O)Nc2ccccc2SCCC(N)=O)cc1. The highest BCUT2D eigenvalue weighted by Gasteiger charge is 2.08. The zero-order valence-corrected chi connectivity index (χ0v) is 14.3. The van der Waals surface area contributed by atoms with Gasteiger partial charge in [-0.05, 0) is 29.8 Å². The molecule has 0 radical (unpaired) electrons. The van der Waals surface area contributed by atoms with Crippen LogP contribution in [0, 0.1) is 0 Å². The van der Waals surface area contributed by atoms with Crippen LogP contribution in [-0.4, -0.2) is 24.7 Å². The van der Waals surface area contributed by atoms with Crippen LogP contribution in [0.5, 0.6) is 5.75 Å². The zero-order chi connectivity index (χ0) is 17.4. The molecule has 0 heterocycles. The number of nitrogens with one attached hydrogen (secondary N) is 1. The van der Waals surface area contributed by atoms with Gasteiger partial charge < -0.3 is 15.8 Å². The summed E-state index contributed by atoms with van der Waals surface area (Å²) in [6.07, 6.45) is 0.586. The highest BCUT2D eigenvalue weighted by Crippen LogP contribution is 2.27. The maximum Gasteiger partial charge on any atom is 0.228 e. The van der Waals surface area contributed by atoms with Crippen molar-refractivity contribution in [3.63, 3.8) is 0 Å². The second kappa shape index (κ2) is 8.98. The van der Waals surface area contributed by atoms with Crippen molar-refractivity contribution < 1.29 is 14.3 Å². The molecule has 2 amide bonds. The van der Waals surface area contributed by atoms with E-state index >= 15 is 0 Å². The first-order valence-corrected chi connectivity index (χ1v) is 8.50. The van der Waals surface area contributed by atoms with Crippen LogP contribution in [0.15, 0.2) is 53.4 Å². The molecule has 2 aromatic carbocycles. The van der Waals surface area contributed by atoms with Crippen molar-refractivity contribution in [1.29, 1.82) is 0 Å². The van der Waals surface area contributed by atoms with Crippen LogP contribution >= 0.6 is 11.8 Å². The monoisotopic (exact) mass is 344 g/mol. The van der Waals surface area contributed by atoms with Crippen molar-refractivity contribution in [3.8, 4) is 5.75 Å². The normalized spacial score (nSPS) is 10.2. The quantitative estimate of drug-likeness (QED) is 0.722. The Morgan fingerprint density at radius 1 is 1.12 bits per heavy atom. The Labute approximate surface area is 145 Å². The summed E-state index contributed by atoms with van der Waals surface area (Å²) in [5, 5.41) is 2.92. The fourth-order valence-corrected chi connectivity index (χ4v) is 3.05. The topological polar surface area (TPSA) is 81.4 Å². The Morgan fingerprint density at radius 3 is 2.50 bits per heavy atom. The lowest BCUT2D eigenvalue weighted by Crippen LogP contribution is -2.15. The molecule has 3 N–H and O–H groups in total. The number of rotatable bonds is 8. The highest BCUT2D eigenvalue weighted by atomic mass is 32.2. The van der Waals surface area contributed by atoms with Gasteiger partial charge in [-0.1, -0.05) is 24.3 Å². The fourth-order valence-electron chi connectivity index (χ4n) is 2.08. The molecule has 0 aliphatic carbocycles. The first kappa shape index (κ1) is 17.9. The summed E-state index contributed by atoms with van der Waals surface area (Å²) in [4.78, 5) is 24.0. The molecule has 126 valence electrons. The zero-order valence-electron chi connectivity index (χ0n) is 13.5. The van der Waals surface area contributed by atoms with E-state index in [1.807, 2.05) is 48.5 Å². The molecule has 0 unspecified atom stereocenters. The van der Waals surface area contributed by atoms with Crippen LogP contribution < -0.4 is 15.8 Å². The Hall–Kier alpha value is -2.47. The lowest BCUT2D eigenvalue weighted by atomic mass is 10.1. The summed E-state index contributed by atoms with van der Waals surface area (Å²) in [6, 6.07) is 14.9. The first-order valence-electron chi connectivity index (χ1n) is 7.51. The molecule has 0 saturated carbocycles. The van der Waals surface area contributed by atoms with Crippen molar-refractivity contribution in [1.82, 2.24) is 0 Å².